The normalized spacial score (nSPS) is 10.4. The molecule has 0 bridgehead atoms. The van der Waals surface area contributed by atoms with Crippen molar-refractivity contribution >= 4 is 17.6 Å². The van der Waals surface area contributed by atoms with Crippen molar-refractivity contribution in [2.75, 3.05) is 7.11 Å². The summed E-state index contributed by atoms with van der Waals surface area (Å²) in [6.45, 7) is 4.09. The number of rotatable bonds is 4. The highest BCUT2D eigenvalue weighted by atomic mass is 32.1. The van der Waals surface area contributed by atoms with Crippen LogP contribution in [0.5, 0.6) is 5.75 Å². The van der Waals surface area contributed by atoms with Crippen LogP contribution in [-0.2, 0) is 11.2 Å². The van der Waals surface area contributed by atoms with E-state index in [0.717, 1.165) is 39.4 Å². The number of benzene rings is 1. The zero-order valence-electron chi connectivity index (χ0n) is 10.7. The maximum absolute atomic E-state index is 10.5. The Hall–Kier alpha value is -1.68. The van der Waals surface area contributed by atoms with Crippen molar-refractivity contribution in [3.63, 3.8) is 0 Å². The topological polar surface area (TPSA) is 39.2 Å². The van der Waals surface area contributed by atoms with Crippen LogP contribution in [0.1, 0.15) is 16.1 Å². The van der Waals surface area contributed by atoms with Gasteiger partial charge in [0.1, 0.15) is 17.0 Å². The molecule has 0 N–H and O–H groups in total. The predicted molar refractivity (Wildman–Crippen MR) is 73.3 cm³/mol. The molecule has 94 valence electrons. The maximum Gasteiger partial charge on any atom is 0.128 e. The number of methoxy groups -OCH3 is 1. The van der Waals surface area contributed by atoms with E-state index in [1.54, 1.807) is 7.11 Å². The number of aromatic nitrogens is 1. The second-order valence-corrected chi connectivity index (χ2v) is 5.10. The monoisotopic (exact) mass is 261 g/mol. The Bertz CT molecular complexity index is 575. The fourth-order valence-corrected chi connectivity index (χ4v) is 2.74. The van der Waals surface area contributed by atoms with Crippen molar-refractivity contribution in [1.82, 2.24) is 4.98 Å². The summed E-state index contributed by atoms with van der Waals surface area (Å²) in [4.78, 5) is 15.0. The van der Waals surface area contributed by atoms with Gasteiger partial charge in [0.15, 0.2) is 0 Å². The lowest BCUT2D eigenvalue weighted by molar-refractivity contribution is -0.107. The van der Waals surface area contributed by atoms with Gasteiger partial charge in [-0.15, -0.1) is 11.3 Å². The van der Waals surface area contributed by atoms with Crippen molar-refractivity contribution < 1.29 is 9.53 Å². The number of hydrogen-bond acceptors (Lipinski definition) is 4. The Morgan fingerprint density at radius 3 is 2.83 bits per heavy atom. The van der Waals surface area contributed by atoms with Crippen LogP contribution in [0, 0.1) is 13.8 Å². The molecule has 2 aromatic rings. The minimum atomic E-state index is 0.373. The molecule has 0 saturated heterocycles. The van der Waals surface area contributed by atoms with Gasteiger partial charge in [0.2, 0.25) is 0 Å². The standard InChI is InChI=1S/C14H15NO2S/c1-9-6-10(2)14(12(7-9)17-3)11-8-18-13(15-11)4-5-16/h5-8H,4H2,1-3H3. The first-order chi connectivity index (χ1) is 8.65. The first kappa shape index (κ1) is 12.8. The van der Waals surface area contributed by atoms with E-state index in [-0.39, 0.29) is 0 Å². The number of aldehydes is 1. The van der Waals surface area contributed by atoms with Gasteiger partial charge < -0.3 is 9.53 Å². The summed E-state index contributed by atoms with van der Waals surface area (Å²) in [6, 6.07) is 4.11. The lowest BCUT2D eigenvalue weighted by Gasteiger charge is -2.11. The van der Waals surface area contributed by atoms with Crippen LogP contribution in [0.25, 0.3) is 11.3 Å². The van der Waals surface area contributed by atoms with Crippen molar-refractivity contribution in [1.29, 1.82) is 0 Å². The van der Waals surface area contributed by atoms with E-state index in [2.05, 4.69) is 11.1 Å². The fourth-order valence-electron chi connectivity index (χ4n) is 2.01. The van der Waals surface area contributed by atoms with Gasteiger partial charge in [-0.2, -0.15) is 0 Å². The molecule has 0 aliphatic rings. The summed E-state index contributed by atoms with van der Waals surface area (Å²) in [5, 5.41) is 2.81. The van der Waals surface area contributed by atoms with Crippen LogP contribution in [0.3, 0.4) is 0 Å². The summed E-state index contributed by atoms with van der Waals surface area (Å²) in [5.74, 6) is 0.829. The number of nitrogens with zero attached hydrogens (tertiary/aromatic N) is 1. The van der Waals surface area contributed by atoms with Crippen LogP contribution in [0.4, 0.5) is 0 Å². The van der Waals surface area contributed by atoms with Crippen LogP contribution in [0.15, 0.2) is 17.5 Å². The lowest BCUT2D eigenvalue weighted by Crippen LogP contribution is -1.93. The highest BCUT2D eigenvalue weighted by Gasteiger charge is 2.13. The zero-order chi connectivity index (χ0) is 13.1. The molecule has 0 saturated carbocycles. The molecule has 0 aliphatic heterocycles. The number of thiazole rings is 1. The lowest BCUT2D eigenvalue weighted by atomic mass is 10.0. The number of hydrogen-bond donors (Lipinski definition) is 0. The van der Waals surface area contributed by atoms with Gasteiger partial charge in [-0.05, 0) is 31.0 Å². The Morgan fingerprint density at radius 1 is 1.39 bits per heavy atom. The Balaban J connectivity index is 2.51. The fraction of sp³-hybridized carbons (Fsp3) is 0.286. The Morgan fingerprint density at radius 2 is 2.17 bits per heavy atom. The van der Waals surface area contributed by atoms with E-state index in [4.69, 9.17) is 4.74 Å². The van der Waals surface area contributed by atoms with Crippen molar-refractivity contribution in [3.8, 4) is 17.0 Å². The summed E-state index contributed by atoms with van der Waals surface area (Å²) in [6.07, 6.45) is 1.25. The van der Waals surface area contributed by atoms with Crippen molar-refractivity contribution in [3.05, 3.63) is 33.6 Å². The Kier molecular flexibility index (Phi) is 3.77. The summed E-state index contributed by atoms with van der Waals surface area (Å²) < 4.78 is 5.43. The number of carbonyl (C=O) groups is 1. The number of carbonyl (C=O) groups excluding carboxylic acids is 1. The largest absolute Gasteiger partial charge is 0.496 e. The van der Waals surface area contributed by atoms with E-state index in [1.165, 1.54) is 11.3 Å². The van der Waals surface area contributed by atoms with E-state index in [1.807, 2.05) is 25.3 Å². The highest BCUT2D eigenvalue weighted by Crippen LogP contribution is 2.34. The minimum absolute atomic E-state index is 0.373. The first-order valence-corrected chi connectivity index (χ1v) is 6.57. The van der Waals surface area contributed by atoms with Crippen molar-refractivity contribution in [2.45, 2.75) is 20.3 Å². The highest BCUT2D eigenvalue weighted by molar-refractivity contribution is 7.10. The molecular weight excluding hydrogens is 246 g/mol. The molecule has 1 aromatic carbocycles. The summed E-state index contributed by atoms with van der Waals surface area (Å²) >= 11 is 1.50. The average Bonchev–Trinajstić information content (AvgIpc) is 2.76. The number of aryl methyl sites for hydroxylation is 2. The second kappa shape index (κ2) is 5.31. The Labute approximate surface area is 110 Å². The van der Waals surface area contributed by atoms with Crippen LogP contribution < -0.4 is 4.74 Å². The molecule has 0 fully saturated rings. The molecule has 0 radical (unpaired) electrons. The quantitative estimate of drug-likeness (QED) is 0.793. The molecule has 4 heteroatoms. The van der Waals surface area contributed by atoms with Gasteiger partial charge in [0, 0.05) is 10.9 Å². The smallest absolute Gasteiger partial charge is 0.128 e. The molecule has 0 amide bonds. The molecule has 2 rings (SSSR count). The van der Waals surface area contributed by atoms with E-state index < -0.39 is 0 Å². The van der Waals surface area contributed by atoms with Gasteiger partial charge in [0.05, 0.1) is 19.2 Å². The average molecular weight is 261 g/mol. The molecule has 18 heavy (non-hydrogen) atoms. The van der Waals surface area contributed by atoms with Gasteiger partial charge in [-0.1, -0.05) is 6.07 Å². The van der Waals surface area contributed by atoms with Gasteiger partial charge in [-0.3, -0.25) is 0 Å². The molecular formula is C14H15NO2S. The molecule has 0 aliphatic carbocycles. The summed E-state index contributed by atoms with van der Waals surface area (Å²) in [5.41, 5.74) is 4.19. The first-order valence-electron chi connectivity index (χ1n) is 5.69. The molecule has 0 spiro atoms. The third kappa shape index (κ3) is 2.43. The molecule has 0 atom stereocenters. The van der Waals surface area contributed by atoms with Gasteiger partial charge in [0.25, 0.3) is 0 Å². The second-order valence-electron chi connectivity index (χ2n) is 4.16. The van der Waals surface area contributed by atoms with E-state index >= 15 is 0 Å². The predicted octanol–water partition coefficient (Wildman–Crippen LogP) is 3.18. The summed E-state index contributed by atoms with van der Waals surface area (Å²) in [7, 11) is 1.66. The van der Waals surface area contributed by atoms with Gasteiger partial charge >= 0.3 is 0 Å². The van der Waals surface area contributed by atoms with E-state index in [9.17, 15) is 4.79 Å². The molecule has 3 nitrogen and oxygen atoms in total. The molecule has 1 heterocycles. The van der Waals surface area contributed by atoms with Crippen LogP contribution >= 0.6 is 11.3 Å². The van der Waals surface area contributed by atoms with Crippen LogP contribution in [-0.4, -0.2) is 18.4 Å². The van der Waals surface area contributed by atoms with Crippen LogP contribution in [0.2, 0.25) is 0 Å². The molecule has 0 unspecified atom stereocenters. The maximum atomic E-state index is 10.5. The zero-order valence-corrected chi connectivity index (χ0v) is 11.5. The van der Waals surface area contributed by atoms with E-state index in [0.29, 0.717) is 6.42 Å². The number of ether oxygens (including phenoxy) is 1. The molecule has 1 aromatic heterocycles. The van der Waals surface area contributed by atoms with Gasteiger partial charge in [-0.25, -0.2) is 4.98 Å². The minimum Gasteiger partial charge on any atom is -0.496 e. The third-order valence-electron chi connectivity index (χ3n) is 2.73. The SMILES string of the molecule is COc1cc(C)cc(C)c1-c1csc(CC=O)n1. The third-order valence-corrected chi connectivity index (χ3v) is 3.60. The van der Waals surface area contributed by atoms with Crippen molar-refractivity contribution in [2.24, 2.45) is 0 Å².